The molecule has 0 aromatic rings. The predicted molar refractivity (Wildman–Crippen MR) is 84.1 cm³/mol. The number of nitrogens with two attached hydrogens (primary N) is 1. The highest BCUT2D eigenvalue weighted by Gasteiger charge is 2.28. The van der Waals surface area contributed by atoms with Crippen LogP contribution in [0.5, 0.6) is 0 Å². The Bertz CT molecular complexity index is 375. The second-order valence-corrected chi connectivity index (χ2v) is 6.63. The molecule has 0 radical (unpaired) electrons. The van der Waals surface area contributed by atoms with Crippen LogP contribution in [0.25, 0.3) is 0 Å². The van der Waals surface area contributed by atoms with Gasteiger partial charge in [-0.25, -0.2) is 0 Å². The van der Waals surface area contributed by atoms with Crippen molar-refractivity contribution in [3.63, 3.8) is 0 Å². The predicted octanol–water partition coefficient (Wildman–Crippen LogP) is 0.551. The molecule has 2 aliphatic rings. The summed E-state index contributed by atoms with van der Waals surface area (Å²) in [6, 6.07) is -0.596. The zero-order valence-corrected chi connectivity index (χ0v) is 13.5. The van der Waals surface area contributed by atoms with E-state index in [4.69, 9.17) is 10.5 Å². The fourth-order valence-corrected chi connectivity index (χ4v) is 3.21. The van der Waals surface area contributed by atoms with Gasteiger partial charge in [-0.05, 0) is 64.5 Å². The van der Waals surface area contributed by atoms with E-state index >= 15 is 0 Å². The molecule has 1 heterocycles. The first-order valence-electron chi connectivity index (χ1n) is 8.48. The standard InChI is InChI=1S/C16H29N3O3/c1-11(15(17)20)19-16(21)13-2-4-14(5-3-13)22-10-12-6-8-18-9-7-12/h11-14,18H,2-10H2,1H3,(H2,17,20)(H,19,21). The van der Waals surface area contributed by atoms with Gasteiger partial charge in [-0.2, -0.15) is 0 Å². The third-order valence-corrected chi connectivity index (χ3v) is 4.86. The molecule has 2 rings (SSSR count). The molecule has 0 spiro atoms. The summed E-state index contributed by atoms with van der Waals surface area (Å²) in [5, 5.41) is 6.05. The van der Waals surface area contributed by atoms with Crippen molar-refractivity contribution in [1.29, 1.82) is 0 Å². The van der Waals surface area contributed by atoms with Gasteiger partial charge in [0.2, 0.25) is 11.8 Å². The lowest BCUT2D eigenvalue weighted by molar-refractivity contribution is -0.131. The number of rotatable bonds is 6. The smallest absolute Gasteiger partial charge is 0.239 e. The Kier molecular flexibility index (Phi) is 6.64. The fourth-order valence-electron chi connectivity index (χ4n) is 3.21. The highest BCUT2D eigenvalue weighted by atomic mass is 16.5. The van der Waals surface area contributed by atoms with Crippen LogP contribution in [0.2, 0.25) is 0 Å². The van der Waals surface area contributed by atoms with Gasteiger partial charge in [-0.3, -0.25) is 9.59 Å². The Morgan fingerprint density at radius 1 is 1.18 bits per heavy atom. The summed E-state index contributed by atoms with van der Waals surface area (Å²) in [7, 11) is 0. The summed E-state index contributed by atoms with van der Waals surface area (Å²) in [6.07, 6.45) is 6.18. The lowest BCUT2D eigenvalue weighted by atomic mass is 9.86. The molecular weight excluding hydrogens is 282 g/mol. The van der Waals surface area contributed by atoms with E-state index < -0.39 is 11.9 Å². The largest absolute Gasteiger partial charge is 0.378 e. The third kappa shape index (κ3) is 5.25. The molecule has 0 aromatic heterocycles. The van der Waals surface area contributed by atoms with E-state index in [1.54, 1.807) is 6.92 Å². The summed E-state index contributed by atoms with van der Waals surface area (Å²) in [4.78, 5) is 23.0. The molecule has 0 bridgehead atoms. The van der Waals surface area contributed by atoms with Gasteiger partial charge in [0.25, 0.3) is 0 Å². The lowest BCUT2D eigenvalue weighted by Crippen LogP contribution is -2.45. The number of ether oxygens (including phenoxy) is 1. The monoisotopic (exact) mass is 311 g/mol. The highest BCUT2D eigenvalue weighted by molar-refractivity contribution is 5.87. The number of carbonyl (C=O) groups excluding carboxylic acids is 2. The van der Waals surface area contributed by atoms with Crippen molar-refractivity contribution < 1.29 is 14.3 Å². The van der Waals surface area contributed by atoms with E-state index in [1.165, 1.54) is 12.8 Å². The fraction of sp³-hybridized carbons (Fsp3) is 0.875. The topological polar surface area (TPSA) is 93.4 Å². The van der Waals surface area contributed by atoms with E-state index in [9.17, 15) is 9.59 Å². The van der Waals surface area contributed by atoms with Gasteiger partial charge >= 0.3 is 0 Å². The Morgan fingerprint density at radius 3 is 2.41 bits per heavy atom. The van der Waals surface area contributed by atoms with E-state index in [1.807, 2.05) is 0 Å². The average Bonchev–Trinajstić information content (AvgIpc) is 2.54. The van der Waals surface area contributed by atoms with Crippen LogP contribution in [0.1, 0.15) is 45.4 Å². The Labute approximate surface area is 132 Å². The van der Waals surface area contributed by atoms with Crippen molar-refractivity contribution in [2.24, 2.45) is 17.6 Å². The molecule has 1 aliphatic heterocycles. The number of piperidine rings is 1. The van der Waals surface area contributed by atoms with Gasteiger partial charge in [0.15, 0.2) is 0 Å². The van der Waals surface area contributed by atoms with Crippen LogP contribution in [-0.4, -0.2) is 43.7 Å². The van der Waals surface area contributed by atoms with Crippen LogP contribution < -0.4 is 16.4 Å². The van der Waals surface area contributed by atoms with Crippen molar-refractivity contribution in [2.45, 2.75) is 57.6 Å². The molecule has 1 unspecified atom stereocenters. The van der Waals surface area contributed by atoms with Crippen LogP contribution in [-0.2, 0) is 14.3 Å². The maximum Gasteiger partial charge on any atom is 0.239 e. The molecule has 6 heteroatoms. The first kappa shape index (κ1) is 17.2. The number of hydrogen-bond acceptors (Lipinski definition) is 4. The number of hydrogen-bond donors (Lipinski definition) is 3. The zero-order chi connectivity index (χ0) is 15.9. The van der Waals surface area contributed by atoms with E-state index in [0.29, 0.717) is 5.92 Å². The second-order valence-electron chi connectivity index (χ2n) is 6.63. The molecule has 126 valence electrons. The second kappa shape index (κ2) is 8.48. The first-order chi connectivity index (χ1) is 10.6. The van der Waals surface area contributed by atoms with Gasteiger partial charge in [0.05, 0.1) is 6.10 Å². The van der Waals surface area contributed by atoms with Gasteiger partial charge in [0.1, 0.15) is 6.04 Å². The molecular formula is C16H29N3O3. The van der Waals surface area contributed by atoms with Crippen molar-refractivity contribution in [2.75, 3.05) is 19.7 Å². The van der Waals surface area contributed by atoms with Crippen LogP contribution in [0.3, 0.4) is 0 Å². The SMILES string of the molecule is CC(NC(=O)C1CCC(OCC2CCNCC2)CC1)C(N)=O. The van der Waals surface area contributed by atoms with Crippen molar-refractivity contribution >= 4 is 11.8 Å². The minimum atomic E-state index is -0.596. The van der Waals surface area contributed by atoms with Crippen molar-refractivity contribution in [1.82, 2.24) is 10.6 Å². The summed E-state index contributed by atoms with van der Waals surface area (Å²) < 4.78 is 6.04. The molecule has 22 heavy (non-hydrogen) atoms. The number of primary amides is 1. The minimum Gasteiger partial charge on any atom is -0.378 e. The highest BCUT2D eigenvalue weighted by Crippen LogP contribution is 2.27. The Balaban J connectivity index is 1.64. The molecule has 0 aromatic carbocycles. The number of amides is 2. The maximum atomic E-state index is 12.1. The van der Waals surface area contributed by atoms with Gasteiger partial charge in [0, 0.05) is 12.5 Å². The van der Waals surface area contributed by atoms with Crippen LogP contribution in [0.15, 0.2) is 0 Å². The normalized spacial score (nSPS) is 28.0. The van der Waals surface area contributed by atoms with Gasteiger partial charge in [-0.15, -0.1) is 0 Å². The molecule has 1 saturated carbocycles. The molecule has 1 saturated heterocycles. The minimum absolute atomic E-state index is 0.0134. The maximum absolute atomic E-state index is 12.1. The van der Waals surface area contributed by atoms with E-state index in [-0.39, 0.29) is 17.9 Å². The Morgan fingerprint density at radius 2 is 1.82 bits per heavy atom. The summed E-state index contributed by atoms with van der Waals surface area (Å²) in [5.41, 5.74) is 5.17. The summed E-state index contributed by atoms with van der Waals surface area (Å²) in [5.74, 6) is 0.120. The van der Waals surface area contributed by atoms with Crippen LogP contribution in [0.4, 0.5) is 0 Å². The molecule has 2 amide bonds. The quantitative estimate of drug-likeness (QED) is 0.668. The Hall–Kier alpha value is -1.14. The summed E-state index contributed by atoms with van der Waals surface area (Å²) >= 11 is 0. The van der Waals surface area contributed by atoms with E-state index in [2.05, 4.69) is 10.6 Å². The van der Waals surface area contributed by atoms with Crippen molar-refractivity contribution in [3.8, 4) is 0 Å². The zero-order valence-electron chi connectivity index (χ0n) is 13.5. The molecule has 2 fully saturated rings. The summed E-state index contributed by atoms with van der Waals surface area (Å²) in [6.45, 7) is 4.66. The van der Waals surface area contributed by atoms with Crippen molar-refractivity contribution in [3.05, 3.63) is 0 Å². The van der Waals surface area contributed by atoms with Gasteiger partial charge in [-0.1, -0.05) is 0 Å². The van der Waals surface area contributed by atoms with E-state index in [0.717, 1.165) is 45.4 Å². The van der Waals surface area contributed by atoms with Gasteiger partial charge < -0.3 is 21.1 Å². The number of carbonyl (C=O) groups is 2. The van der Waals surface area contributed by atoms with Crippen LogP contribution >= 0.6 is 0 Å². The lowest BCUT2D eigenvalue weighted by Gasteiger charge is -2.30. The first-order valence-corrected chi connectivity index (χ1v) is 8.48. The number of nitrogens with one attached hydrogen (secondary N) is 2. The van der Waals surface area contributed by atoms with Crippen LogP contribution in [0, 0.1) is 11.8 Å². The molecule has 4 N–H and O–H groups in total. The molecule has 1 aliphatic carbocycles. The molecule has 6 nitrogen and oxygen atoms in total. The third-order valence-electron chi connectivity index (χ3n) is 4.86. The average molecular weight is 311 g/mol. The molecule has 1 atom stereocenters.